The van der Waals surface area contributed by atoms with Crippen LogP contribution in [0.3, 0.4) is 0 Å². The first-order valence-electron chi connectivity index (χ1n) is 7.51. The van der Waals surface area contributed by atoms with Gasteiger partial charge in [-0.25, -0.2) is 0 Å². The van der Waals surface area contributed by atoms with E-state index in [2.05, 4.69) is 5.32 Å². The Kier molecular flexibility index (Phi) is 4.43. The minimum absolute atomic E-state index is 0.164. The van der Waals surface area contributed by atoms with Crippen LogP contribution in [-0.2, 0) is 4.74 Å². The highest BCUT2D eigenvalue weighted by Gasteiger charge is 2.31. The molecule has 1 aliphatic heterocycles. The van der Waals surface area contributed by atoms with Crippen LogP contribution in [0.4, 0.5) is 5.69 Å². The third-order valence-electron chi connectivity index (χ3n) is 3.97. The number of aromatic hydroxyl groups is 1. The number of phenolic OH excluding ortho intramolecular Hbond substituents is 1. The molecule has 1 aliphatic rings. The maximum atomic E-state index is 12.4. The Labute approximate surface area is 138 Å². The highest BCUT2D eigenvalue weighted by molar-refractivity contribution is 5.95. The Balaban J connectivity index is 1.74. The molecule has 1 amide bonds. The Bertz CT molecular complexity index is 763. The number of benzene rings is 2. The summed E-state index contributed by atoms with van der Waals surface area (Å²) in [5.41, 5.74) is 0.710. The maximum absolute atomic E-state index is 12.4. The summed E-state index contributed by atoms with van der Waals surface area (Å²) < 4.78 is 5.71. The zero-order chi connectivity index (χ0) is 17.1. The van der Waals surface area contributed by atoms with E-state index in [1.807, 2.05) is 30.3 Å². The molecule has 2 aromatic carbocycles. The van der Waals surface area contributed by atoms with Crippen LogP contribution in [0.25, 0.3) is 0 Å². The first-order chi connectivity index (χ1) is 11.6. The number of phenols is 1. The maximum Gasteiger partial charge on any atom is 0.310 e. The van der Waals surface area contributed by atoms with Crippen LogP contribution >= 0.6 is 0 Å². The summed E-state index contributed by atoms with van der Waals surface area (Å²) in [5, 5.41) is 23.2. The number of amides is 1. The normalized spacial score (nSPS) is 19.8. The Morgan fingerprint density at radius 3 is 2.67 bits per heavy atom. The van der Waals surface area contributed by atoms with Crippen molar-refractivity contribution in [2.45, 2.75) is 18.6 Å². The van der Waals surface area contributed by atoms with Crippen LogP contribution in [0.2, 0.25) is 0 Å². The van der Waals surface area contributed by atoms with Crippen LogP contribution in [0.15, 0.2) is 48.5 Å². The molecule has 1 heterocycles. The predicted molar refractivity (Wildman–Crippen MR) is 85.8 cm³/mol. The van der Waals surface area contributed by atoms with E-state index in [9.17, 15) is 20.0 Å². The number of hydrogen-bond donors (Lipinski definition) is 2. The fraction of sp³-hybridized carbons (Fsp3) is 0.235. The molecule has 0 spiro atoms. The Morgan fingerprint density at radius 1 is 1.25 bits per heavy atom. The highest BCUT2D eigenvalue weighted by atomic mass is 16.6. The van der Waals surface area contributed by atoms with Crippen molar-refractivity contribution >= 4 is 11.6 Å². The molecule has 0 unspecified atom stereocenters. The molecule has 7 nitrogen and oxygen atoms in total. The molecule has 7 heteroatoms. The van der Waals surface area contributed by atoms with Crippen LogP contribution in [-0.4, -0.2) is 28.6 Å². The number of hydrogen-bond acceptors (Lipinski definition) is 5. The summed E-state index contributed by atoms with van der Waals surface area (Å²) in [5.74, 6) is -0.938. The summed E-state index contributed by atoms with van der Waals surface area (Å²) in [4.78, 5) is 22.4. The minimum Gasteiger partial charge on any atom is -0.502 e. The third kappa shape index (κ3) is 3.21. The topological polar surface area (TPSA) is 102 Å². The molecule has 2 atom stereocenters. The van der Waals surface area contributed by atoms with E-state index in [0.29, 0.717) is 13.0 Å². The van der Waals surface area contributed by atoms with E-state index in [4.69, 9.17) is 4.74 Å². The zero-order valence-electron chi connectivity index (χ0n) is 12.7. The van der Waals surface area contributed by atoms with Crippen molar-refractivity contribution in [2.75, 3.05) is 6.61 Å². The molecule has 2 N–H and O–H groups in total. The van der Waals surface area contributed by atoms with E-state index >= 15 is 0 Å². The average molecular weight is 328 g/mol. The van der Waals surface area contributed by atoms with Crippen LogP contribution < -0.4 is 5.32 Å². The highest BCUT2D eigenvalue weighted by Crippen LogP contribution is 2.30. The number of ether oxygens (including phenoxy) is 1. The largest absolute Gasteiger partial charge is 0.502 e. The first-order valence-corrected chi connectivity index (χ1v) is 7.51. The summed E-state index contributed by atoms with van der Waals surface area (Å²) in [6.07, 6.45) is 0.436. The molecular formula is C17H16N2O5. The summed E-state index contributed by atoms with van der Waals surface area (Å²) in [6, 6.07) is 12.9. The Morgan fingerprint density at radius 2 is 2.00 bits per heavy atom. The van der Waals surface area contributed by atoms with Crippen molar-refractivity contribution in [3.63, 3.8) is 0 Å². The summed E-state index contributed by atoms with van der Waals surface area (Å²) in [7, 11) is 0. The van der Waals surface area contributed by atoms with Gasteiger partial charge in [0.2, 0.25) is 0 Å². The lowest BCUT2D eigenvalue weighted by Gasteiger charge is -2.20. The smallest absolute Gasteiger partial charge is 0.310 e. The number of carbonyl (C=O) groups excluding carboxylic acids is 1. The van der Waals surface area contributed by atoms with E-state index < -0.39 is 22.3 Å². The monoisotopic (exact) mass is 328 g/mol. The molecule has 124 valence electrons. The number of rotatable bonds is 4. The SMILES string of the molecule is O=C(N[C@@H]1CCO[C@@H]1c1ccccc1)c1ccc([N+](=O)[O-])c(O)c1. The third-order valence-corrected chi connectivity index (χ3v) is 3.97. The van der Waals surface area contributed by atoms with Gasteiger partial charge in [-0.3, -0.25) is 14.9 Å². The average Bonchev–Trinajstić information content (AvgIpc) is 3.03. The van der Waals surface area contributed by atoms with Gasteiger partial charge < -0.3 is 15.2 Å². The molecule has 1 saturated heterocycles. The number of nitrogens with one attached hydrogen (secondary N) is 1. The molecule has 0 radical (unpaired) electrons. The standard InChI is InChI=1S/C17H16N2O5/c20-15-10-12(6-7-14(15)19(22)23)17(21)18-13-8-9-24-16(13)11-4-2-1-3-5-11/h1-7,10,13,16,20H,8-9H2,(H,18,21)/t13-,16-/m1/s1. The molecule has 2 aromatic rings. The van der Waals surface area contributed by atoms with Gasteiger partial charge in [0.25, 0.3) is 5.91 Å². The minimum atomic E-state index is -0.701. The fourth-order valence-electron chi connectivity index (χ4n) is 2.78. The first kappa shape index (κ1) is 15.9. The van der Waals surface area contributed by atoms with E-state index in [1.54, 1.807) is 0 Å². The van der Waals surface area contributed by atoms with Crippen LogP contribution in [0.1, 0.15) is 28.4 Å². The number of carbonyl (C=O) groups is 1. The summed E-state index contributed by atoms with van der Waals surface area (Å²) in [6.45, 7) is 0.538. The van der Waals surface area contributed by atoms with Gasteiger partial charge in [0.1, 0.15) is 6.10 Å². The van der Waals surface area contributed by atoms with Gasteiger partial charge in [-0.05, 0) is 24.1 Å². The molecule has 1 fully saturated rings. The van der Waals surface area contributed by atoms with Gasteiger partial charge in [0.05, 0.1) is 11.0 Å². The summed E-state index contributed by atoms with van der Waals surface area (Å²) >= 11 is 0. The molecule has 3 rings (SSSR count). The van der Waals surface area contributed by atoms with Gasteiger partial charge in [0, 0.05) is 18.2 Å². The van der Waals surface area contributed by atoms with Crippen molar-refractivity contribution < 1.29 is 19.6 Å². The molecule has 0 aromatic heterocycles. The molecular weight excluding hydrogens is 312 g/mol. The van der Waals surface area contributed by atoms with Gasteiger partial charge in [-0.2, -0.15) is 0 Å². The lowest BCUT2D eigenvalue weighted by Crippen LogP contribution is -2.36. The lowest BCUT2D eigenvalue weighted by molar-refractivity contribution is -0.385. The second-order valence-electron chi connectivity index (χ2n) is 5.53. The van der Waals surface area contributed by atoms with Gasteiger partial charge >= 0.3 is 5.69 Å². The molecule has 0 bridgehead atoms. The zero-order valence-corrected chi connectivity index (χ0v) is 12.7. The second-order valence-corrected chi connectivity index (χ2v) is 5.53. The number of nitrogens with zero attached hydrogens (tertiary/aromatic N) is 1. The van der Waals surface area contributed by atoms with Crippen molar-refractivity contribution in [2.24, 2.45) is 0 Å². The lowest BCUT2D eigenvalue weighted by atomic mass is 10.0. The van der Waals surface area contributed by atoms with E-state index in [0.717, 1.165) is 17.7 Å². The number of nitro benzene ring substituents is 1. The second kappa shape index (κ2) is 6.67. The van der Waals surface area contributed by atoms with Crippen molar-refractivity contribution in [3.8, 4) is 5.75 Å². The fourth-order valence-corrected chi connectivity index (χ4v) is 2.78. The van der Waals surface area contributed by atoms with Gasteiger partial charge in [-0.1, -0.05) is 30.3 Å². The van der Waals surface area contributed by atoms with Gasteiger partial charge in [-0.15, -0.1) is 0 Å². The van der Waals surface area contributed by atoms with Crippen molar-refractivity contribution in [1.82, 2.24) is 5.32 Å². The molecule has 0 aliphatic carbocycles. The van der Waals surface area contributed by atoms with Crippen LogP contribution in [0.5, 0.6) is 5.75 Å². The quantitative estimate of drug-likeness (QED) is 0.663. The predicted octanol–water partition coefficient (Wildman–Crippen LogP) is 2.56. The van der Waals surface area contributed by atoms with Crippen LogP contribution in [0, 0.1) is 10.1 Å². The molecule has 24 heavy (non-hydrogen) atoms. The van der Waals surface area contributed by atoms with Gasteiger partial charge in [0.15, 0.2) is 5.75 Å². The molecule has 0 saturated carbocycles. The van der Waals surface area contributed by atoms with E-state index in [1.165, 1.54) is 6.07 Å². The Hall–Kier alpha value is -2.93. The number of nitro groups is 1. The van der Waals surface area contributed by atoms with E-state index in [-0.39, 0.29) is 17.7 Å². The van der Waals surface area contributed by atoms with Crippen molar-refractivity contribution in [3.05, 3.63) is 69.8 Å². The van der Waals surface area contributed by atoms with Crippen molar-refractivity contribution in [1.29, 1.82) is 0 Å².